The number of rotatable bonds is 2. The van der Waals surface area contributed by atoms with Gasteiger partial charge in [-0.2, -0.15) is 0 Å². The lowest BCUT2D eigenvalue weighted by molar-refractivity contribution is 0.890. The van der Waals surface area contributed by atoms with Crippen LogP contribution in [0.2, 0.25) is 5.15 Å². The normalized spacial score (nSPS) is 10.4. The average Bonchev–Trinajstić information content (AvgIpc) is 2.69. The number of thioether (sulfide) groups is 1. The van der Waals surface area contributed by atoms with Crippen molar-refractivity contribution in [2.75, 3.05) is 6.26 Å². The summed E-state index contributed by atoms with van der Waals surface area (Å²) in [6.07, 6.45) is 7.07. The standard InChI is InChI=1S/C8H7ClN4S/c1-14-8-11-6(9)4-7(12-8)13-3-2-10-5-13/h2-5H,1H3. The molecule has 2 aromatic heterocycles. The van der Waals surface area contributed by atoms with Crippen LogP contribution in [0.25, 0.3) is 5.82 Å². The fraction of sp³-hybridized carbons (Fsp3) is 0.125. The maximum absolute atomic E-state index is 5.85. The lowest BCUT2D eigenvalue weighted by Gasteiger charge is -2.02. The molecule has 0 fully saturated rings. The molecule has 0 radical (unpaired) electrons. The van der Waals surface area contributed by atoms with Gasteiger partial charge in [-0.3, -0.25) is 4.57 Å². The third-order valence-electron chi connectivity index (χ3n) is 1.61. The van der Waals surface area contributed by atoms with E-state index in [2.05, 4.69) is 15.0 Å². The van der Waals surface area contributed by atoms with Crippen molar-refractivity contribution in [3.63, 3.8) is 0 Å². The Hall–Kier alpha value is -1.07. The summed E-state index contributed by atoms with van der Waals surface area (Å²) in [7, 11) is 0. The van der Waals surface area contributed by atoms with Gasteiger partial charge in [-0.15, -0.1) is 0 Å². The molecular weight excluding hydrogens is 220 g/mol. The van der Waals surface area contributed by atoms with Crippen molar-refractivity contribution in [3.05, 3.63) is 29.9 Å². The van der Waals surface area contributed by atoms with Gasteiger partial charge < -0.3 is 0 Å². The van der Waals surface area contributed by atoms with E-state index >= 15 is 0 Å². The third-order valence-corrected chi connectivity index (χ3v) is 2.35. The Morgan fingerprint density at radius 1 is 1.43 bits per heavy atom. The van der Waals surface area contributed by atoms with E-state index in [1.165, 1.54) is 11.8 Å². The molecule has 0 N–H and O–H groups in total. The first-order valence-corrected chi connectivity index (χ1v) is 5.47. The summed E-state index contributed by atoms with van der Waals surface area (Å²) in [6, 6.07) is 1.70. The minimum Gasteiger partial charge on any atom is -0.290 e. The molecular formula is C8H7ClN4S. The van der Waals surface area contributed by atoms with E-state index in [0.717, 1.165) is 5.82 Å². The Morgan fingerprint density at radius 3 is 2.93 bits per heavy atom. The van der Waals surface area contributed by atoms with Crippen LogP contribution in [0.15, 0.2) is 29.9 Å². The topological polar surface area (TPSA) is 43.6 Å². The fourth-order valence-corrected chi connectivity index (χ4v) is 1.61. The molecule has 0 aliphatic heterocycles. The highest BCUT2D eigenvalue weighted by atomic mass is 35.5. The van der Waals surface area contributed by atoms with E-state index in [9.17, 15) is 0 Å². The first-order valence-electron chi connectivity index (χ1n) is 3.86. The van der Waals surface area contributed by atoms with E-state index in [0.29, 0.717) is 10.3 Å². The summed E-state index contributed by atoms with van der Waals surface area (Å²) in [5.74, 6) is 0.729. The molecule has 0 aliphatic carbocycles. The first-order chi connectivity index (χ1) is 6.79. The number of nitrogens with zero attached hydrogens (tertiary/aromatic N) is 4. The fourth-order valence-electron chi connectivity index (χ4n) is 1.00. The van der Waals surface area contributed by atoms with Gasteiger partial charge in [0.25, 0.3) is 0 Å². The van der Waals surface area contributed by atoms with Crippen LogP contribution in [-0.4, -0.2) is 25.8 Å². The van der Waals surface area contributed by atoms with Crippen LogP contribution in [0.5, 0.6) is 0 Å². The zero-order valence-corrected chi connectivity index (χ0v) is 8.96. The molecule has 2 heterocycles. The van der Waals surface area contributed by atoms with Crippen molar-refractivity contribution in [3.8, 4) is 5.82 Å². The molecule has 0 saturated heterocycles. The van der Waals surface area contributed by atoms with Gasteiger partial charge in [0.15, 0.2) is 5.16 Å². The number of hydrogen-bond donors (Lipinski definition) is 0. The van der Waals surface area contributed by atoms with Crippen molar-refractivity contribution < 1.29 is 0 Å². The van der Waals surface area contributed by atoms with Gasteiger partial charge in [-0.05, 0) is 6.26 Å². The maximum Gasteiger partial charge on any atom is 0.190 e. The monoisotopic (exact) mass is 226 g/mol. The Bertz CT molecular complexity index is 429. The summed E-state index contributed by atoms with van der Waals surface area (Å²) in [5.41, 5.74) is 0. The van der Waals surface area contributed by atoms with Gasteiger partial charge in [0.05, 0.1) is 0 Å². The van der Waals surface area contributed by atoms with Crippen LogP contribution >= 0.6 is 23.4 Å². The van der Waals surface area contributed by atoms with Gasteiger partial charge in [-0.1, -0.05) is 23.4 Å². The molecule has 14 heavy (non-hydrogen) atoms. The Balaban J connectivity index is 2.48. The predicted octanol–water partition coefficient (Wildman–Crippen LogP) is 2.04. The second-order valence-electron chi connectivity index (χ2n) is 2.51. The molecule has 0 saturated carbocycles. The summed E-state index contributed by atoms with van der Waals surface area (Å²) in [6.45, 7) is 0. The number of imidazole rings is 1. The van der Waals surface area contributed by atoms with E-state index in [1.807, 2.05) is 12.5 Å². The Kier molecular flexibility index (Phi) is 2.69. The van der Waals surface area contributed by atoms with Gasteiger partial charge in [0.2, 0.25) is 0 Å². The quantitative estimate of drug-likeness (QED) is 0.447. The molecule has 0 aliphatic rings. The van der Waals surface area contributed by atoms with Crippen LogP contribution in [0.3, 0.4) is 0 Å². The lowest BCUT2D eigenvalue weighted by Crippen LogP contribution is -1.97. The van der Waals surface area contributed by atoms with E-state index in [1.54, 1.807) is 23.2 Å². The van der Waals surface area contributed by atoms with Crippen LogP contribution in [-0.2, 0) is 0 Å². The molecule has 0 aromatic carbocycles. The van der Waals surface area contributed by atoms with E-state index in [4.69, 9.17) is 11.6 Å². The highest BCUT2D eigenvalue weighted by Gasteiger charge is 2.03. The molecule has 2 rings (SSSR count). The Morgan fingerprint density at radius 2 is 2.29 bits per heavy atom. The molecule has 6 heteroatoms. The van der Waals surface area contributed by atoms with Crippen molar-refractivity contribution in [1.29, 1.82) is 0 Å². The molecule has 0 amide bonds. The molecule has 0 atom stereocenters. The average molecular weight is 227 g/mol. The zero-order chi connectivity index (χ0) is 9.97. The van der Waals surface area contributed by atoms with Crippen LogP contribution < -0.4 is 0 Å². The summed E-state index contributed by atoms with van der Waals surface area (Å²) < 4.78 is 1.78. The van der Waals surface area contributed by atoms with Crippen molar-refractivity contribution in [1.82, 2.24) is 19.5 Å². The highest BCUT2D eigenvalue weighted by Crippen LogP contribution is 2.16. The van der Waals surface area contributed by atoms with E-state index < -0.39 is 0 Å². The minimum absolute atomic E-state index is 0.438. The third kappa shape index (κ3) is 1.88. The van der Waals surface area contributed by atoms with Gasteiger partial charge in [0.1, 0.15) is 17.3 Å². The molecule has 0 spiro atoms. The second-order valence-corrected chi connectivity index (χ2v) is 3.67. The predicted molar refractivity (Wildman–Crippen MR) is 55.9 cm³/mol. The van der Waals surface area contributed by atoms with Crippen LogP contribution in [0, 0.1) is 0 Å². The van der Waals surface area contributed by atoms with Gasteiger partial charge >= 0.3 is 0 Å². The molecule has 2 aromatic rings. The first kappa shape index (κ1) is 9.48. The Labute approximate surface area is 90.4 Å². The van der Waals surface area contributed by atoms with Crippen molar-refractivity contribution in [2.24, 2.45) is 0 Å². The van der Waals surface area contributed by atoms with Crippen LogP contribution in [0.1, 0.15) is 0 Å². The van der Waals surface area contributed by atoms with Crippen molar-refractivity contribution in [2.45, 2.75) is 5.16 Å². The van der Waals surface area contributed by atoms with Crippen LogP contribution in [0.4, 0.5) is 0 Å². The molecule has 0 bridgehead atoms. The number of aromatic nitrogens is 4. The SMILES string of the molecule is CSc1nc(Cl)cc(-n2ccnc2)n1. The zero-order valence-electron chi connectivity index (χ0n) is 7.38. The molecule has 0 unspecified atom stereocenters. The smallest absolute Gasteiger partial charge is 0.190 e. The largest absolute Gasteiger partial charge is 0.290 e. The summed E-state index contributed by atoms with van der Waals surface area (Å²) in [4.78, 5) is 12.3. The van der Waals surface area contributed by atoms with Gasteiger partial charge in [0, 0.05) is 18.5 Å². The molecule has 4 nitrogen and oxygen atoms in total. The van der Waals surface area contributed by atoms with Gasteiger partial charge in [-0.25, -0.2) is 15.0 Å². The second kappa shape index (κ2) is 3.98. The van der Waals surface area contributed by atoms with Crippen molar-refractivity contribution >= 4 is 23.4 Å². The number of hydrogen-bond acceptors (Lipinski definition) is 4. The number of halogens is 1. The highest BCUT2D eigenvalue weighted by molar-refractivity contribution is 7.98. The summed E-state index contributed by atoms with van der Waals surface area (Å²) >= 11 is 7.30. The lowest BCUT2D eigenvalue weighted by atomic mass is 10.6. The maximum atomic E-state index is 5.85. The van der Waals surface area contributed by atoms with E-state index in [-0.39, 0.29) is 0 Å². The minimum atomic E-state index is 0.438. The summed E-state index contributed by atoms with van der Waals surface area (Å²) in [5, 5.41) is 1.09. The molecule has 72 valence electrons.